The molecular formula is C21H30BrNO2. The Morgan fingerprint density at radius 2 is 1.52 bits per heavy atom. The average Bonchev–Trinajstić information content (AvgIpc) is 2.77. The zero-order valence-corrected chi connectivity index (χ0v) is 17.2. The van der Waals surface area contributed by atoms with Crippen molar-refractivity contribution in [3.8, 4) is 0 Å². The number of carbonyl (C=O) groups excluding carboxylic acids is 2. The van der Waals surface area contributed by atoms with Gasteiger partial charge < -0.3 is 5.32 Å². The summed E-state index contributed by atoms with van der Waals surface area (Å²) in [5.41, 5.74) is -1.23. The molecule has 0 saturated heterocycles. The number of carbonyl (C=O) groups is 2. The van der Waals surface area contributed by atoms with E-state index in [1.807, 2.05) is 0 Å². The molecule has 1 amide bonds. The van der Waals surface area contributed by atoms with Crippen molar-refractivity contribution in [3.63, 3.8) is 0 Å². The van der Waals surface area contributed by atoms with Crippen molar-refractivity contribution >= 4 is 27.6 Å². The van der Waals surface area contributed by atoms with Crippen molar-refractivity contribution in [2.45, 2.75) is 82.5 Å². The molecule has 0 radical (unpaired) electrons. The molecule has 6 aliphatic rings. The molecule has 138 valence electrons. The third-order valence-electron chi connectivity index (χ3n) is 9.54. The van der Waals surface area contributed by atoms with Gasteiger partial charge in [-0.1, -0.05) is 36.7 Å². The summed E-state index contributed by atoms with van der Waals surface area (Å²) in [5, 5.41) is 3.59. The highest BCUT2D eigenvalue weighted by Gasteiger charge is 2.77. The number of hydrogen-bond acceptors (Lipinski definition) is 2. The third kappa shape index (κ3) is 1.79. The highest BCUT2D eigenvalue weighted by atomic mass is 79.9. The maximum Gasteiger partial charge on any atom is 0.228 e. The van der Waals surface area contributed by atoms with Crippen LogP contribution in [-0.2, 0) is 9.59 Å². The molecule has 0 aromatic rings. The van der Waals surface area contributed by atoms with E-state index in [-0.39, 0.29) is 32.9 Å². The lowest BCUT2D eigenvalue weighted by Gasteiger charge is -2.57. The van der Waals surface area contributed by atoms with E-state index in [0.29, 0.717) is 0 Å². The Morgan fingerprint density at radius 1 is 1.00 bits per heavy atom. The van der Waals surface area contributed by atoms with Crippen LogP contribution in [0.1, 0.15) is 72.1 Å². The minimum absolute atomic E-state index is 0.0218. The lowest BCUT2D eigenvalue weighted by atomic mass is 9.52. The number of rotatable bonds is 2. The summed E-state index contributed by atoms with van der Waals surface area (Å²) in [5.74, 6) is 2.85. The SMILES string of the molecule is CC12CCC(C(=O)NC34CC5CC(CC(C5)C3)C4)(C(Br)C1=O)C2(C)C. The molecule has 0 spiro atoms. The molecule has 6 rings (SSSR count). The van der Waals surface area contributed by atoms with Gasteiger partial charge in [0.25, 0.3) is 0 Å². The van der Waals surface area contributed by atoms with Gasteiger partial charge in [0.2, 0.25) is 5.91 Å². The van der Waals surface area contributed by atoms with Crippen molar-refractivity contribution in [1.82, 2.24) is 5.32 Å². The molecule has 0 aliphatic heterocycles. The van der Waals surface area contributed by atoms with E-state index in [1.54, 1.807) is 0 Å². The van der Waals surface area contributed by atoms with E-state index in [9.17, 15) is 9.59 Å². The van der Waals surface area contributed by atoms with Crippen LogP contribution >= 0.6 is 15.9 Å². The fourth-order valence-electron chi connectivity index (χ4n) is 8.07. The Morgan fingerprint density at radius 3 is 1.96 bits per heavy atom. The minimum Gasteiger partial charge on any atom is -0.350 e. The standard InChI is InChI=1S/C21H30BrNO2/c1-18(2)19(3)4-5-21(18,15(22)16(19)24)17(25)23-20-9-12-6-13(10-20)8-14(7-12)11-20/h12-15H,4-11H2,1-3H3,(H,23,25). The average molecular weight is 408 g/mol. The second-order valence-electron chi connectivity index (χ2n) is 10.8. The molecule has 3 atom stereocenters. The van der Waals surface area contributed by atoms with Crippen LogP contribution in [0.15, 0.2) is 0 Å². The molecule has 0 heterocycles. The molecule has 25 heavy (non-hydrogen) atoms. The minimum atomic E-state index is -0.581. The Hall–Kier alpha value is -0.380. The first-order chi connectivity index (χ1) is 11.6. The fraction of sp³-hybridized carbons (Fsp3) is 0.905. The van der Waals surface area contributed by atoms with Gasteiger partial charge in [-0.3, -0.25) is 9.59 Å². The summed E-state index contributed by atoms with van der Waals surface area (Å²) in [7, 11) is 0. The lowest BCUT2D eigenvalue weighted by Crippen LogP contribution is -2.64. The first-order valence-corrected chi connectivity index (χ1v) is 11.1. The Bertz CT molecular complexity index is 636. The van der Waals surface area contributed by atoms with Crippen molar-refractivity contribution in [1.29, 1.82) is 0 Å². The van der Waals surface area contributed by atoms with E-state index < -0.39 is 5.41 Å². The smallest absolute Gasteiger partial charge is 0.228 e. The summed E-state index contributed by atoms with van der Waals surface area (Å²) >= 11 is 3.67. The first-order valence-electron chi connectivity index (χ1n) is 10.1. The summed E-state index contributed by atoms with van der Waals surface area (Å²) < 4.78 is 0. The van der Waals surface area contributed by atoms with Gasteiger partial charge in [0, 0.05) is 11.0 Å². The van der Waals surface area contributed by atoms with E-state index in [1.165, 1.54) is 38.5 Å². The van der Waals surface area contributed by atoms with Crippen molar-refractivity contribution in [3.05, 3.63) is 0 Å². The number of halogens is 1. The molecule has 1 N–H and O–H groups in total. The number of ketones is 1. The van der Waals surface area contributed by atoms with Crippen LogP contribution in [0.5, 0.6) is 0 Å². The van der Waals surface area contributed by atoms with E-state index in [2.05, 4.69) is 42.0 Å². The molecule has 6 aliphatic carbocycles. The summed E-state index contributed by atoms with van der Waals surface area (Å²) in [4.78, 5) is 26.4. The molecule has 6 fully saturated rings. The molecule has 6 bridgehead atoms. The summed E-state index contributed by atoms with van der Waals surface area (Å²) in [6, 6.07) is 0. The highest BCUT2D eigenvalue weighted by molar-refractivity contribution is 9.10. The molecule has 0 aromatic carbocycles. The van der Waals surface area contributed by atoms with Gasteiger partial charge in [-0.2, -0.15) is 0 Å². The van der Waals surface area contributed by atoms with Crippen LogP contribution in [-0.4, -0.2) is 22.1 Å². The van der Waals surface area contributed by atoms with Crippen LogP contribution in [0.3, 0.4) is 0 Å². The summed E-state index contributed by atoms with van der Waals surface area (Å²) in [6.45, 7) is 6.38. The Labute approximate surface area is 159 Å². The Kier molecular flexibility index (Phi) is 3.16. The first kappa shape index (κ1) is 16.8. The van der Waals surface area contributed by atoms with Gasteiger partial charge in [-0.05, 0) is 74.5 Å². The summed E-state index contributed by atoms with van der Waals surface area (Å²) in [6.07, 6.45) is 9.31. The van der Waals surface area contributed by atoms with Crippen molar-refractivity contribution in [2.24, 2.45) is 34.0 Å². The van der Waals surface area contributed by atoms with E-state index in [0.717, 1.165) is 30.6 Å². The van der Waals surface area contributed by atoms with E-state index in [4.69, 9.17) is 0 Å². The maximum absolute atomic E-state index is 13.7. The van der Waals surface area contributed by atoms with Crippen LogP contribution in [0.4, 0.5) is 0 Å². The number of hydrogen-bond donors (Lipinski definition) is 1. The second kappa shape index (κ2) is 4.72. The molecule has 3 unspecified atom stereocenters. The highest BCUT2D eigenvalue weighted by Crippen LogP contribution is 2.72. The number of nitrogens with one attached hydrogen (secondary N) is 1. The molecule has 3 nitrogen and oxygen atoms in total. The lowest BCUT2D eigenvalue weighted by molar-refractivity contribution is -0.141. The number of fused-ring (bicyclic) bond motifs is 2. The fourth-order valence-corrected chi connectivity index (χ4v) is 9.59. The van der Waals surface area contributed by atoms with Gasteiger partial charge in [0.05, 0.1) is 10.2 Å². The number of amides is 1. The quantitative estimate of drug-likeness (QED) is 0.695. The van der Waals surface area contributed by atoms with Crippen LogP contribution in [0.2, 0.25) is 0 Å². The predicted molar refractivity (Wildman–Crippen MR) is 100 cm³/mol. The second-order valence-corrected chi connectivity index (χ2v) is 11.7. The Balaban J connectivity index is 1.48. The number of Topliss-reactive ketones (excluding diaryl/α,β-unsaturated/α-hetero) is 1. The molecule has 6 saturated carbocycles. The maximum atomic E-state index is 13.7. The van der Waals surface area contributed by atoms with Crippen molar-refractivity contribution in [2.75, 3.05) is 0 Å². The van der Waals surface area contributed by atoms with Crippen molar-refractivity contribution < 1.29 is 9.59 Å². The predicted octanol–water partition coefficient (Wildman–Crippen LogP) is 4.23. The molecule has 0 aromatic heterocycles. The van der Waals surface area contributed by atoms with Gasteiger partial charge in [0.1, 0.15) is 0 Å². The normalized spacial score (nSPS) is 55.0. The van der Waals surface area contributed by atoms with Gasteiger partial charge >= 0.3 is 0 Å². The van der Waals surface area contributed by atoms with Crippen LogP contribution in [0, 0.1) is 34.0 Å². The topological polar surface area (TPSA) is 46.2 Å². The number of alkyl halides is 1. The zero-order valence-electron chi connectivity index (χ0n) is 15.7. The van der Waals surface area contributed by atoms with Gasteiger partial charge in [-0.15, -0.1) is 0 Å². The third-order valence-corrected chi connectivity index (χ3v) is 10.7. The van der Waals surface area contributed by atoms with Gasteiger partial charge in [-0.25, -0.2) is 0 Å². The molecular weight excluding hydrogens is 378 g/mol. The van der Waals surface area contributed by atoms with E-state index >= 15 is 0 Å². The largest absolute Gasteiger partial charge is 0.350 e. The zero-order chi connectivity index (χ0) is 17.8. The molecule has 4 heteroatoms. The van der Waals surface area contributed by atoms with Crippen LogP contribution < -0.4 is 5.32 Å². The monoisotopic (exact) mass is 407 g/mol. The van der Waals surface area contributed by atoms with Gasteiger partial charge in [0.15, 0.2) is 5.78 Å². The van der Waals surface area contributed by atoms with Crippen LogP contribution in [0.25, 0.3) is 0 Å².